The molecule has 2 atom stereocenters. The molecule has 0 heterocycles. The van der Waals surface area contributed by atoms with Crippen molar-refractivity contribution in [2.45, 2.75) is 38.8 Å². The van der Waals surface area contributed by atoms with Gasteiger partial charge in [-0.3, -0.25) is 0 Å². The van der Waals surface area contributed by atoms with Crippen molar-refractivity contribution in [3.63, 3.8) is 0 Å². The first-order valence-electron chi connectivity index (χ1n) is 6.22. The Balaban J connectivity index is 2.20. The van der Waals surface area contributed by atoms with E-state index in [2.05, 4.69) is 6.92 Å². The van der Waals surface area contributed by atoms with E-state index >= 15 is 0 Å². The molecule has 0 bridgehead atoms. The number of nitrogens with two attached hydrogens (primary N) is 1. The van der Waals surface area contributed by atoms with Crippen molar-refractivity contribution in [3.8, 4) is 11.5 Å². The summed E-state index contributed by atoms with van der Waals surface area (Å²) in [5.41, 5.74) is 6.99. The van der Waals surface area contributed by atoms with Crippen LogP contribution in [0, 0.1) is 5.92 Å². The van der Waals surface area contributed by atoms with E-state index in [-0.39, 0.29) is 12.1 Å². The second-order valence-corrected chi connectivity index (χ2v) is 4.85. The first kappa shape index (κ1) is 12.2. The van der Waals surface area contributed by atoms with Crippen LogP contribution in [0.4, 0.5) is 0 Å². The lowest BCUT2D eigenvalue weighted by molar-refractivity contribution is 0.194. The van der Waals surface area contributed by atoms with E-state index in [9.17, 15) is 0 Å². The minimum Gasteiger partial charge on any atom is -0.497 e. The quantitative estimate of drug-likeness (QED) is 0.853. The third-order valence-corrected chi connectivity index (χ3v) is 3.31. The third kappa shape index (κ3) is 2.91. The van der Waals surface area contributed by atoms with Crippen LogP contribution >= 0.6 is 0 Å². The maximum atomic E-state index is 6.01. The second kappa shape index (κ2) is 4.96. The average molecular weight is 235 g/mol. The van der Waals surface area contributed by atoms with Gasteiger partial charge in [-0.1, -0.05) is 6.07 Å². The van der Waals surface area contributed by atoms with Crippen molar-refractivity contribution >= 4 is 0 Å². The van der Waals surface area contributed by atoms with E-state index < -0.39 is 0 Å². The number of benzene rings is 1. The van der Waals surface area contributed by atoms with E-state index in [1.165, 1.54) is 12.8 Å². The normalized spacial score (nSPS) is 18.6. The van der Waals surface area contributed by atoms with Crippen LogP contribution < -0.4 is 15.2 Å². The Morgan fingerprint density at radius 3 is 2.53 bits per heavy atom. The van der Waals surface area contributed by atoms with Crippen LogP contribution in [0.1, 0.15) is 38.3 Å². The molecule has 1 fully saturated rings. The van der Waals surface area contributed by atoms with Gasteiger partial charge in [0.2, 0.25) is 0 Å². The van der Waals surface area contributed by atoms with Crippen molar-refractivity contribution in [1.82, 2.24) is 0 Å². The molecule has 0 unspecified atom stereocenters. The largest absolute Gasteiger partial charge is 0.497 e. The van der Waals surface area contributed by atoms with E-state index in [0.717, 1.165) is 17.1 Å². The van der Waals surface area contributed by atoms with Gasteiger partial charge in [0.05, 0.1) is 13.2 Å². The highest BCUT2D eigenvalue weighted by molar-refractivity contribution is 5.42. The zero-order valence-electron chi connectivity index (χ0n) is 10.8. The molecule has 2 N–H and O–H groups in total. The van der Waals surface area contributed by atoms with Crippen molar-refractivity contribution in [1.29, 1.82) is 0 Å². The molecule has 0 spiro atoms. The van der Waals surface area contributed by atoms with Crippen molar-refractivity contribution in [2.24, 2.45) is 11.7 Å². The predicted molar refractivity (Wildman–Crippen MR) is 68.4 cm³/mol. The summed E-state index contributed by atoms with van der Waals surface area (Å²) in [7, 11) is 1.66. The van der Waals surface area contributed by atoms with Gasteiger partial charge in [-0.15, -0.1) is 0 Å². The van der Waals surface area contributed by atoms with Crippen LogP contribution in [0.5, 0.6) is 11.5 Å². The van der Waals surface area contributed by atoms with Crippen molar-refractivity contribution < 1.29 is 9.47 Å². The second-order valence-electron chi connectivity index (χ2n) is 4.85. The summed E-state index contributed by atoms with van der Waals surface area (Å²) in [5, 5.41) is 0. The van der Waals surface area contributed by atoms with Crippen LogP contribution in [0.25, 0.3) is 0 Å². The van der Waals surface area contributed by atoms with E-state index in [1.54, 1.807) is 7.11 Å². The first-order chi connectivity index (χ1) is 8.11. The molecule has 0 aromatic heterocycles. The highest BCUT2D eigenvalue weighted by atomic mass is 16.5. The Morgan fingerprint density at radius 1 is 1.29 bits per heavy atom. The van der Waals surface area contributed by atoms with Gasteiger partial charge in [-0.2, -0.15) is 0 Å². The molecule has 3 heteroatoms. The van der Waals surface area contributed by atoms with Gasteiger partial charge >= 0.3 is 0 Å². The molecular weight excluding hydrogens is 214 g/mol. The average Bonchev–Trinajstić information content (AvgIpc) is 3.12. The zero-order chi connectivity index (χ0) is 12.4. The molecule has 0 saturated heterocycles. The number of hydrogen-bond acceptors (Lipinski definition) is 3. The van der Waals surface area contributed by atoms with E-state index in [0.29, 0.717) is 5.92 Å². The third-order valence-electron chi connectivity index (χ3n) is 3.31. The van der Waals surface area contributed by atoms with Gasteiger partial charge in [0.25, 0.3) is 0 Å². The number of rotatable bonds is 5. The number of hydrogen-bond donors (Lipinski definition) is 1. The summed E-state index contributed by atoms with van der Waals surface area (Å²) < 4.78 is 11.2. The lowest BCUT2D eigenvalue weighted by Crippen LogP contribution is -2.17. The van der Waals surface area contributed by atoms with E-state index in [4.69, 9.17) is 15.2 Å². The molecule has 94 valence electrons. The molecule has 2 rings (SSSR count). The monoisotopic (exact) mass is 235 g/mol. The highest BCUT2D eigenvalue weighted by Crippen LogP contribution is 2.37. The van der Waals surface area contributed by atoms with Crippen LogP contribution in [0.15, 0.2) is 18.2 Å². The predicted octanol–water partition coefficient (Wildman–Crippen LogP) is 2.89. The Morgan fingerprint density at radius 2 is 2.00 bits per heavy atom. The Labute approximate surface area is 103 Å². The summed E-state index contributed by atoms with van der Waals surface area (Å²) in [5.74, 6) is 2.38. The SMILES string of the molecule is COc1ccc([C@@H](C)N)c(O[C@@H](C)C2CC2)c1. The Hall–Kier alpha value is -1.22. The lowest BCUT2D eigenvalue weighted by Gasteiger charge is -2.19. The molecule has 3 nitrogen and oxygen atoms in total. The molecule has 0 amide bonds. The molecule has 1 aromatic carbocycles. The number of methoxy groups -OCH3 is 1. The van der Waals surface area contributed by atoms with Gasteiger partial charge < -0.3 is 15.2 Å². The minimum atomic E-state index is -0.0256. The van der Waals surface area contributed by atoms with Gasteiger partial charge in [-0.05, 0) is 38.7 Å². The summed E-state index contributed by atoms with van der Waals surface area (Å²) in [6, 6.07) is 5.81. The van der Waals surface area contributed by atoms with Crippen LogP contribution in [-0.2, 0) is 0 Å². The highest BCUT2D eigenvalue weighted by Gasteiger charge is 2.30. The fraction of sp³-hybridized carbons (Fsp3) is 0.571. The molecule has 1 saturated carbocycles. The van der Waals surface area contributed by atoms with Gasteiger partial charge in [0.15, 0.2) is 0 Å². The molecule has 1 aliphatic rings. The molecular formula is C14H21NO2. The van der Waals surface area contributed by atoms with Gasteiger partial charge in [0, 0.05) is 17.7 Å². The van der Waals surface area contributed by atoms with Crippen molar-refractivity contribution in [2.75, 3.05) is 7.11 Å². The van der Waals surface area contributed by atoms with Gasteiger partial charge in [-0.25, -0.2) is 0 Å². The van der Waals surface area contributed by atoms with Crippen LogP contribution in [-0.4, -0.2) is 13.2 Å². The standard InChI is InChI=1S/C14H21NO2/c1-9(15)13-7-6-12(16-3)8-14(13)17-10(2)11-4-5-11/h6-11H,4-5,15H2,1-3H3/t9-,10+/m1/s1. The van der Waals surface area contributed by atoms with Crippen molar-refractivity contribution in [3.05, 3.63) is 23.8 Å². The first-order valence-corrected chi connectivity index (χ1v) is 6.22. The summed E-state index contributed by atoms with van der Waals surface area (Å²) in [6.45, 7) is 4.10. The smallest absolute Gasteiger partial charge is 0.128 e. The maximum Gasteiger partial charge on any atom is 0.128 e. The maximum absolute atomic E-state index is 6.01. The molecule has 1 aromatic rings. The molecule has 1 aliphatic carbocycles. The molecule has 0 radical (unpaired) electrons. The number of ether oxygens (including phenoxy) is 2. The Kier molecular flexibility index (Phi) is 3.57. The fourth-order valence-electron chi connectivity index (χ4n) is 1.98. The van der Waals surface area contributed by atoms with Crippen LogP contribution in [0.3, 0.4) is 0 Å². The molecule has 0 aliphatic heterocycles. The Bertz CT molecular complexity index is 386. The summed E-state index contributed by atoms with van der Waals surface area (Å²) >= 11 is 0. The minimum absolute atomic E-state index is 0.0256. The fourth-order valence-corrected chi connectivity index (χ4v) is 1.98. The zero-order valence-corrected chi connectivity index (χ0v) is 10.8. The van der Waals surface area contributed by atoms with Gasteiger partial charge in [0.1, 0.15) is 11.5 Å². The topological polar surface area (TPSA) is 44.5 Å². The molecule has 17 heavy (non-hydrogen) atoms. The van der Waals surface area contributed by atoms with Crippen LogP contribution in [0.2, 0.25) is 0 Å². The van der Waals surface area contributed by atoms with E-state index in [1.807, 2.05) is 25.1 Å². The summed E-state index contributed by atoms with van der Waals surface area (Å²) in [4.78, 5) is 0. The summed E-state index contributed by atoms with van der Waals surface area (Å²) in [6.07, 6.45) is 2.82. The lowest BCUT2D eigenvalue weighted by atomic mass is 10.1.